The van der Waals surface area contributed by atoms with E-state index >= 15 is 0 Å². The van der Waals surface area contributed by atoms with Crippen molar-refractivity contribution in [3.05, 3.63) is 66.9 Å². The summed E-state index contributed by atoms with van der Waals surface area (Å²) in [5.41, 5.74) is 2.22. The molecule has 3 nitrogen and oxygen atoms in total. The molecule has 0 fully saturated rings. The highest BCUT2D eigenvalue weighted by atomic mass is 15.0. The zero-order valence-electron chi connectivity index (χ0n) is 9.95. The molecule has 0 atom stereocenters. The molecule has 0 bridgehead atoms. The highest BCUT2D eigenvalue weighted by molar-refractivity contribution is 5.94. The maximum atomic E-state index is 4.48. The molecule has 0 saturated carbocycles. The van der Waals surface area contributed by atoms with Crippen molar-refractivity contribution in [1.82, 2.24) is 4.98 Å². The summed E-state index contributed by atoms with van der Waals surface area (Å²) < 4.78 is 0. The number of nitrogens with zero attached hydrogens (tertiary/aromatic N) is 1. The molecule has 3 rings (SSSR count). The molecule has 0 radical (unpaired) electrons. The van der Waals surface area contributed by atoms with Gasteiger partial charge in [0.2, 0.25) is 0 Å². The minimum Gasteiger partial charge on any atom is -0.274 e. The third-order valence-corrected chi connectivity index (χ3v) is 2.72. The normalized spacial score (nSPS) is 9.67. The number of pyridine rings is 1. The molecular formula is C15H15N3. The molecular weight excluding hydrogens is 222 g/mol. The average Bonchev–Trinajstić information content (AvgIpc) is 2.50. The summed E-state index contributed by atoms with van der Waals surface area (Å²) in [7, 11) is 0. The van der Waals surface area contributed by atoms with Crippen molar-refractivity contribution in [3.8, 4) is 11.3 Å². The van der Waals surface area contributed by atoms with Gasteiger partial charge in [-0.05, 0) is 11.5 Å². The van der Waals surface area contributed by atoms with Gasteiger partial charge in [0.25, 0.3) is 0 Å². The largest absolute Gasteiger partial charge is 0.274 e. The summed E-state index contributed by atoms with van der Waals surface area (Å²) in [6.45, 7) is 0. The van der Waals surface area contributed by atoms with Crippen LogP contribution in [0.25, 0.3) is 22.0 Å². The van der Waals surface area contributed by atoms with Crippen LogP contribution in [0.5, 0.6) is 0 Å². The summed E-state index contributed by atoms with van der Waals surface area (Å²) in [6, 6.07) is 20.7. The number of hydrazine groups is 1. The molecule has 2 aromatic carbocycles. The van der Waals surface area contributed by atoms with Crippen LogP contribution in [-0.4, -0.2) is 4.98 Å². The van der Waals surface area contributed by atoms with Gasteiger partial charge in [-0.25, -0.2) is 0 Å². The van der Waals surface area contributed by atoms with Gasteiger partial charge >= 0.3 is 0 Å². The van der Waals surface area contributed by atoms with Crippen molar-refractivity contribution < 1.29 is 0 Å². The number of nitrogens with two attached hydrogens (primary N) is 2. The van der Waals surface area contributed by atoms with Crippen molar-refractivity contribution >= 4 is 10.8 Å². The molecule has 0 saturated heterocycles. The van der Waals surface area contributed by atoms with Gasteiger partial charge in [-0.1, -0.05) is 54.6 Å². The SMILES string of the molecule is NN.c1ccc(-c2nccc3ccccc23)cc1. The second-order valence-corrected chi connectivity index (χ2v) is 3.75. The van der Waals surface area contributed by atoms with E-state index in [0.717, 1.165) is 5.69 Å². The predicted octanol–water partition coefficient (Wildman–Crippen LogP) is 2.72. The van der Waals surface area contributed by atoms with Crippen molar-refractivity contribution in [1.29, 1.82) is 0 Å². The fourth-order valence-corrected chi connectivity index (χ4v) is 1.95. The number of hydrogen-bond donors (Lipinski definition) is 2. The topological polar surface area (TPSA) is 64.9 Å². The second-order valence-electron chi connectivity index (χ2n) is 3.75. The number of aromatic nitrogens is 1. The lowest BCUT2D eigenvalue weighted by Gasteiger charge is -2.04. The molecule has 0 spiro atoms. The summed E-state index contributed by atoms with van der Waals surface area (Å²) in [6.07, 6.45) is 1.87. The minimum absolute atomic E-state index is 1.05. The monoisotopic (exact) mass is 237 g/mol. The molecule has 4 N–H and O–H groups in total. The van der Waals surface area contributed by atoms with E-state index in [9.17, 15) is 0 Å². The van der Waals surface area contributed by atoms with E-state index in [1.54, 1.807) is 0 Å². The van der Waals surface area contributed by atoms with Crippen LogP contribution in [0, 0.1) is 0 Å². The van der Waals surface area contributed by atoms with Crippen molar-refractivity contribution in [3.63, 3.8) is 0 Å². The van der Waals surface area contributed by atoms with Gasteiger partial charge in [0, 0.05) is 17.1 Å². The number of hydrogen-bond acceptors (Lipinski definition) is 3. The Bertz CT molecular complexity index is 615. The fourth-order valence-electron chi connectivity index (χ4n) is 1.95. The molecule has 18 heavy (non-hydrogen) atoms. The van der Waals surface area contributed by atoms with Crippen LogP contribution in [0.15, 0.2) is 66.9 Å². The van der Waals surface area contributed by atoms with E-state index in [2.05, 4.69) is 53.1 Å². The number of benzene rings is 2. The number of fused-ring (bicyclic) bond motifs is 1. The standard InChI is InChI=1S/C15H11N.H4N2/c1-2-7-13(8-3-1)15-14-9-5-4-6-12(14)10-11-16-15;1-2/h1-11H;1-2H2. The fraction of sp³-hybridized carbons (Fsp3) is 0. The average molecular weight is 237 g/mol. The molecule has 0 aliphatic heterocycles. The first-order valence-electron chi connectivity index (χ1n) is 5.68. The van der Waals surface area contributed by atoms with E-state index in [0.29, 0.717) is 0 Å². The molecule has 90 valence electrons. The number of rotatable bonds is 1. The Hall–Kier alpha value is -2.23. The minimum atomic E-state index is 1.05. The van der Waals surface area contributed by atoms with Crippen LogP contribution in [0.1, 0.15) is 0 Å². The first-order chi connectivity index (χ1) is 8.95. The Morgan fingerprint density at radius 2 is 1.39 bits per heavy atom. The first kappa shape index (κ1) is 12.2. The molecule has 0 aliphatic carbocycles. The van der Waals surface area contributed by atoms with Crippen LogP contribution in [-0.2, 0) is 0 Å². The van der Waals surface area contributed by atoms with Gasteiger partial charge in [0.05, 0.1) is 5.69 Å². The first-order valence-corrected chi connectivity index (χ1v) is 5.68. The van der Waals surface area contributed by atoms with Gasteiger partial charge in [-0.15, -0.1) is 0 Å². The maximum absolute atomic E-state index is 4.48. The van der Waals surface area contributed by atoms with Crippen LogP contribution in [0.4, 0.5) is 0 Å². The molecule has 0 aliphatic rings. The van der Waals surface area contributed by atoms with Crippen molar-refractivity contribution in [2.24, 2.45) is 11.7 Å². The van der Waals surface area contributed by atoms with Crippen molar-refractivity contribution in [2.75, 3.05) is 0 Å². The quantitative estimate of drug-likeness (QED) is 0.505. The van der Waals surface area contributed by atoms with Crippen LogP contribution < -0.4 is 11.7 Å². The molecule has 3 heteroatoms. The van der Waals surface area contributed by atoms with E-state index in [1.165, 1.54) is 16.3 Å². The summed E-state index contributed by atoms with van der Waals surface area (Å²) >= 11 is 0. The lowest BCUT2D eigenvalue weighted by atomic mass is 10.0. The molecule has 0 unspecified atom stereocenters. The maximum Gasteiger partial charge on any atom is 0.0780 e. The Balaban J connectivity index is 0.000000574. The van der Waals surface area contributed by atoms with Crippen LogP contribution >= 0.6 is 0 Å². The van der Waals surface area contributed by atoms with E-state index in [4.69, 9.17) is 0 Å². The molecule has 0 amide bonds. The Morgan fingerprint density at radius 3 is 2.17 bits per heavy atom. The lowest BCUT2D eigenvalue weighted by Crippen LogP contribution is -2.02. The van der Waals surface area contributed by atoms with Gasteiger partial charge in [-0.2, -0.15) is 0 Å². The summed E-state index contributed by atoms with van der Waals surface area (Å²) in [5, 5.41) is 2.44. The van der Waals surface area contributed by atoms with Gasteiger partial charge < -0.3 is 0 Å². The zero-order chi connectivity index (χ0) is 12.8. The zero-order valence-corrected chi connectivity index (χ0v) is 9.95. The van der Waals surface area contributed by atoms with Crippen LogP contribution in [0.2, 0.25) is 0 Å². The Kier molecular flexibility index (Phi) is 4.02. The second kappa shape index (κ2) is 5.91. The highest BCUT2D eigenvalue weighted by Gasteiger charge is 2.03. The lowest BCUT2D eigenvalue weighted by molar-refractivity contribution is 1.26. The summed E-state index contributed by atoms with van der Waals surface area (Å²) in [5.74, 6) is 8.00. The van der Waals surface area contributed by atoms with Crippen molar-refractivity contribution in [2.45, 2.75) is 0 Å². The predicted molar refractivity (Wildman–Crippen MR) is 75.6 cm³/mol. The van der Waals surface area contributed by atoms with Gasteiger partial charge in [0.1, 0.15) is 0 Å². The highest BCUT2D eigenvalue weighted by Crippen LogP contribution is 2.25. The van der Waals surface area contributed by atoms with E-state index in [1.807, 2.05) is 30.5 Å². The Morgan fingerprint density at radius 1 is 0.722 bits per heavy atom. The van der Waals surface area contributed by atoms with E-state index in [-0.39, 0.29) is 0 Å². The summed E-state index contributed by atoms with van der Waals surface area (Å²) in [4.78, 5) is 4.48. The van der Waals surface area contributed by atoms with Gasteiger partial charge in [-0.3, -0.25) is 16.7 Å². The Labute approximate surface area is 106 Å². The van der Waals surface area contributed by atoms with E-state index < -0.39 is 0 Å². The van der Waals surface area contributed by atoms with Gasteiger partial charge in [0.15, 0.2) is 0 Å². The third kappa shape index (κ3) is 2.37. The van der Waals surface area contributed by atoms with Crippen LogP contribution in [0.3, 0.4) is 0 Å². The molecule has 3 aromatic rings. The molecule has 1 heterocycles. The smallest absolute Gasteiger partial charge is 0.0780 e. The third-order valence-electron chi connectivity index (χ3n) is 2.72. The molecule has 1 aromatic heterocycles.